The van der Waals surface area contributed by atoms with Crippen molar-refractivity contribution < 1.29 is 5.21 Å². The molecule has 1 rings (SSSR count). The van der Waals surface area contributed by atoms with Crippen LogP contribution in [0.15, 0.2) is 17.3 Å². The summed E-state index contributed by atoms with van der Waals surface area (Å²) in [6, 6.07) is 4.19. The summed E-state index contributed by atoms with van der Waals surface area (Å²) in [5.41, 5.74) is 5.29. The van der Waals surface area contributed by atoms with E-state index in [1.807, 2.05) is 20.8 Å². The normalized spacial score (nSPS) is 11.8. The van der Waals surface area contributed by atoms with Crippen molar-refractivity contribution in [1.29, 1.82) is 0 Å². The Morgan fingerprint density at radius 2 is 1.62 bits per heavy atom. The first-order chi connectivity index (χ1) is 6.06. The van der Waals surface area contributed by atoms with Crippen LogP contribution in [0, 0.1) is 20.8 Å². The van der Waals surface area contributed by atoms with Gasteiger partial charge >= 0.3 is 0 Å². The van der Waals surface area contributed by atoms with Gasteiger partial charge in [-0.25, -0.2) is 0 Å². The molecule has 0 spiro atoms. The highest BCUT2D eigenvalue weighted by Gasteiger charge is 2.06. The van der Waals surface area contributed by atoms with E-state index >= 15 is 0 Å². The van der Waals surface area contributed by atoms with Crippen LogP contribution in [0.25, 0.3) is 0 Å². The number of oxime groups is 1. The van der Waals surface area contributed by atoms with E-state index in [4.69, 9.17) is 5.21 Å². The highest BCUT2D eigenvalue weighted by molar-refractivity contribution is 6.00. The fourth-order valence-electron chi connectivity index (χ4n) is 1.80. The molecule has 13 heavy (non-hydrogen) atoms. The first-order valence-electron chi connectivity index (χ1n) is 4.33. The highest BCUT2D eigenvalue weighted by atomic mass is 16.4. The van der Waals surface area contributed by atoms with E-state index in [0.717, 1.165) is 16.7 Å². The van der Waals surface area contributed by atoms with Crippen molar-refractivity contribution >= 4 is 5.71 Å². The van der Waals surface area contributed by atoms with Gasteiger partial charge in [0.2, 0.25) is 0 Å². The summed E-state index contributed by atoms with van der Waals surface area (Å²) < 4.78 is 0. The second kappa shape index (κ2) is 3.60. The molecule has 0 radical (unpaired) electrons. The van der Waals surface area contributed by atoms with E-state index in [0.29, 0.717) is 5.71 Å². The number of aryl methyl sites for hydroxylation is 3. The second-order valence-corrected chi connectivity index (χ2v) is 3.46. The minimum absolute atomic E-state index is 0.676. The molecule has 0 fully saturated rings. The first kappa shape index (κ1) is 9.78. The lowest BCUT2D eigenvalue weighted by atomic mass is 9.97. The van der Waals surface area contributed by atoms with Crippen LogP contribution in [-0.2, 0) is 0 Å². The maximum absolute atomic E-state index is 8.69. The fourth-order valence-corrected chi connectivity index (χ4v) is 1.80. The molecule has 1 N–H and O–H groups in total. The maximum Gasteiger partial charge on any atom is 0.0842 e. The topological polar surface area (TPSA) is 32.6 Å². The fraction of sp³-hybridized carbons (Fsp3) is 0.364. The zero-order chi connectivity index (χ0) is 10.0. The lowest BCUT2D eigenvalue weighted by Crippen LogP contribution is -2.01. The lowest BCUT2D eigenvalue weighted by Gasteiger charge is -2.09. The van der Waals surface area contributed by atoms with Gasteiger partial charge in [-0.2, -0.15) is 0 Å². The Morgan fingerprint density at radius 3 is 2.00 bits per heavy atom. The Morgan fingerprint density at radius 1 is 1.15 bits per heavy atom. The van der Waals surface area contributed by atoms with Crippen molar-refractivity contribution in [3.63, 3.8) is 0 Å². The second-order valence-electron chi connectivity index (χ2n) is 3.46. The van der Waals surface area contributed by atoms with Crippen molar-refractivity contribution in [2.24, 2.45) is 5.16 Å². The quantitative estimate of drug-likeness (QED) is 0.399. The number of nitrogens with zero attached hydrogens (tertiary/aromatic N) is 1. The standard InChI is InChI=1S/C11H15NO/c1-7-5-8(2)11(9(3)6-7)10(4)12-13/h5-6,13H,1-4H3/b12-10+. The van der Waals surface area contributed by atoms with Crippen LogP contribution in [0.1, 0.15) is 29.2 Å². The summed E-state index contributed by atoms with van der Waals surface area (Å²) in [5.74, 6) is 0. The molecule has 2 heteroatoms. The third-order valence-corrected chi connectivity index (χ3v) is 2.19. The summed E-state index contributed by atoms with van der Waals surface area (Å²) in [5, 5.41) is 11.9. The van der Waals surface area contributed by atoms with Crippen molar-refractivity contribution in [1.82, 2.24) is 0 Å². The Hall–Kier alpha value is -1.31. The van der Waals surface area contributed by atoms with Crippen LogP contribution in [0.4, 0.5) is 0 Å². The SMILES string of the molecule is C/C(=N\O)c1c(C)cc(C)cc1C. The van der Waals surface area contributed by atoms with E-state index in [1.54, 1.807) is 0 Å². The van der Waals surface area contributed by atoms with Gasteiger partial charge in [0.25, 0.3) is 0 Å². The maximum atomic E-state index is 8.69. The van der Waals surface area contributed by atoms with Crippen LogP contribution in [0.2, 0.25) is 0 Å². The van der Waals surface area contributed by atoms with Gasteiger partial charge in [0, 0.05) is 5.56 Å². The van der Waals surface area contributed by atoms with Gasteiger partial charge < -0.3 is 5.21 Å². The monoisotopic (exact) mass is 177 g/mol. The third kappa shape index (κ3) is 1.89. The molecule has 1 aromatic rings. The minimum Gasteiger partial charge on any atom is -0.411 e. The van der Waals surface area contributed by atoms with E-state index in [2.05, 4.69) is 24.2 Å². The Balaban J connectivity index is 3.37. The summed E-state index contributed by atoms with van der Waals surface area (Å²) in [6.45, 7) is 7.94. The van der Waals surface area contributed by atoms with Crippen molar-refractivity contribution in [3.05, 3.63) is 34.4 Å². The van der Waals surface area contributed by atoms with Crippen LogP contribution < -0.4 is 0 Å². The van der Waals surface area contributed by atoms with E-state index < -0.39 is 0 Å². The molecule has 0 bridgehead atoms. The molecule has 0 saturated heterocycles. The van der Waals surface area contributed by atoms with Gasteiger partial charge in [-0.1, -0.05) is 22.9 Å². The van der Waals surface area contributed by atoms with Gasteiger partial charge in [0.05, 0.1) is 5.71 Å². The smallest absolute Gasteiger partial charge is 0.0842 e. The summed E-state index contributed by atoms with van der Waals surface area (Å²) >= 11 is 0. The molecule has 0 atom stereocenters. The Bertz CT molecular complexity index is 330. The highest BCUT2D eigenvalue weighted by Crippen LogP contribution is 2.16. The first-order valence-corrected chi connectivity index (χ1v) is 4.33. The van der Waals surface area contributed by atoms with Gasteiger partial charge in [-0.3, -0.25) is 0 Å². The van der Waals surface area contributed by atoms with Crippen LogP contribution in [0.5, 0.6) is 0 Å². The van der Waals surface area contributed by atoms with Crippen molar-refractivity contribution in [2.45, 2.75) is 27.7 Å². The molecular formula is C11H15NO. The molecule has 2 nitrogen and oxygen atoms in total. The molecular weight excluding hydrogens is 162 g/mol. The molecule has 0 unspecified atom stereocenters. The summed E-state index contributed by atoms with van der Waals surface area (Å²) in [6.07, 6.45) is 0. The predicted octanol–water partition coefficient (Wildman–Crippen LogP) is 2.81. The average molecular weight is 177 g/mol. The Labute approximate surface area is 78.9 Å². The van der Waals surface area contributed by atoms with E-state index in [1.165, 1.54) is 5.56 Å². The molecule has 0 amide bonds. The minimum atomic E-state index is 0.676. The molecule has 1 aromatic carbocycles. The summed E-state index contributed by atoms with van der Waals surface area (Å²) in [7, 11) is 0. The van der Waals surface area contributed by atoms with Gasteiger partial charge in [-0.05, 0) is 38.8 Å². The molecule has 0 aromatic heterocycles. The molecule has 0 aliphatic heterocycles. The van der Waals surface area contributed by atoms with Gasteiger partial charge in [0.1, 0.15) is 0 Å². The summed E-state index contributed by atoms with van der Waals surface area (Å²) in [4.78, 5) is 0. The van der Waals surface area contributed by atoms with Gasteiger partial charge in [-0.15, -0.1) is 0 Å². The number of benzene rings is 1. The zero-order valence-electron chi connectivity index (χ0n) is 8.55. The zero-order valence-corrected chi connectivity index (χ0v) is 8.55. The lowest BCUT2D eigenvalue weighted by molar-refractivity contribution is 0.319. The molecule has 0 aliphatic carbocycles. The molecule has 70 valence electrons. The molecule has 0 saturated carbocycles. The van der Waals surface area contributed by atoms with Crippen molar-refractivity contribution in [2.75, 3.05) is 0 Å². The van der Waals surface area contributed by atoms with Gasteiger partial charge in [0.15, 0.2) is 0 Å². The number of rotatable bonds is 1. The average Bonchev–Trinajstić information content (AvgIpc) is 2.02. The Kier molecular flexibility index (Phi) is 2.71. The van der Waals surface area contributed by atoms with E-state index in [9.17, 15) is 0 Å². The van der Waals surface area contributed by atoms with Crippen LogP contribution in [0.3, 0.4) is 0 Å². The predicted molar refractivity (Wildman–Crippen MR) is 54.7 cm³/mol. The third-order valence-electron chi connectivity index (χ3n) is 2.19. The number of hydrogen-bond acceptors (Lipinski definition) is 2. The van der Waals surface area contributed by atoms with Crippen LogP contribution in [-0.4, -0.2) is 10.9 Å². The van der Waals surface area contributed by atoms with Crippen LogP contribution >= 0.6 is 0 Å². The molecule has 0 heterocycles. The van der Waals surface area contributed by atoms with E-state index in [-0.39, 0.29) is 0 Å². The molecule has 0 aliphatic rings. The largest absolute Gasteiger partial charge is 0.411 e. The number of hydrogen-bond donors (Lipinski definition) is 1. The van der Waals surface area contributed by atoms with Crippen molar-refractivity contribution in [3.8, 4) is 0 Å².